The van der Waals surface area contributed by atoms with E-state index in [0.29, 0.717) is 0 Å². The molecule has 0 spiro atoms. The zero-order chi connectivity index (χ0) is 20.5. The van der Waals surface area contributed by atoms with Crippen molar-refractivity contribution < 1.29 is 0 Å². The van der Waals surface area contributed by atoms with Crippen molar-refractivity contribution in [1.82, 2.24) is 9.97 Å². The van der Waals surface area contributed by atoms with Gasteiger partial charge in [-0.2, -0.15) is 0 Å². The maximum absolute atomic E-state index is 5.24. The Balaban J connectivity index is 1.88. The lowest BCUT2D eigenvalue weighted by atomic mass is 10.2. The standard InChI is InChI=1S/C23H16N2S5/c1-3-7-14(26-2)18-19(15-8-4-11-27-15)25-21-20(24-18)22(16-9-5-12-28-16)30-23(21)17-10-6-13-29-17/h3-13H,1H2,2H3/b14-7-. The summed E-state index contributed by atoms with van der Waals surface area (Å²) in [5.41, 5.74) is 3.82. The molecule has 0 amide bonds. The minimum atomic E-state index is 0.922. The van der Waals surface area contributed by atoms with Crippen LogP contribution in [0.2, 0.25) is 0 Å². The molecule has 5 aromatic heterocycles. The molecular weight excluding hydrogens is 465 g/mol. The lowest BCUT2D eigenvalue weighted by Gasteiger charge is -2.10. The molecule has 0 unspecified atom stereocenters. The number of aromatic nitrogens is 2. The molecule has 0 aliphatic carbocycles. The Kier molecular flexibility index (Phi) is 5.71. The molecule has 0 aliphatic heterocycles. The average molecular weight is 481 g/mol. The van der Waals surface area contributed by atoms with Crippen LogP contribution in [-0.4, -0.2) is 16.2 Å². The number of thiophene rings is 4. The van der Waals surface area contributed by atoms with Crippen LogP contribution in [0.4, 0.5) is 0 Å². The van der Waals surface area contributed by atoms with Crippen molar-refractivity contribution >= 4 is 73.0 Å². The maximum Gasteiger partial charge on any atom is 0.110 e. The van der Waals surface area contributed by atoms with Gasteiger partial charge in [-0.25, -0.2) is 9.97 Å². The van der Waals surface area contributed by atoms with Crippen LogP contribution in [0.5, 0.6) is 0 Å². The van der Waals surface area contributed by atoms with Crippen LogP contribution < -0.4 is 0 Å². The van der Waals surface area contributed by atoms with Crippen LogP contribution in [0.25, 0.3) is 46.0 Å². The molecule has 0 aromatic carbocycles. The molecule has 0 fully saturated rings. The molecule has 0 saturated heterocycles. The number of fused-ring (bicyclic) bond motifs is 1. The van der Waals surface area contributed by atoms with Gasteiger partial charge in [0, 0.05) is 14.7 Å². The van der Waals surface area contributed by atoms with E-state index in [2.05, 4.69) is 65.4 Å². The molecule has 0 atom stereocenters. The van der Waals surface area contributed by atoms with Gasteiger partial charge in [0.15, 0.2) is 0 Å². The van der Waals surface area contributed by atoms with Crippen LogP contribution in [0.15, 0.2) is 71.3 Å². The van der Waals surface area contributed by atoms with Gasteiger partial charge in [0.25, 0.3) is 0 Å². The summed E-state index contributed by atoms with van der Waals surface area (Å²) in [6, 6.07) is 12.7. The number of allylic oxidation sites excluding steroid dienone is 2. The molecule has 148 valence electrons. The highest BCUT2D eigenvalue weighted by atomic mass is 32.2. The molecule has 30 heavy (non-hydrogen) atoms. The summed E-state index contributed by atoms with van der Waals surface area (Å²) >= 11 is 8.65. The van der Waals surface area contributed by atoms with Crippen molar-refractivity contribution in [2.75, 3.05) is 6.26 Å². The highest BCUT2D eigenvalue weighted by Gasteiger charge is 2.23. The monoisotopic (exact) mass is 480 g/mol. The Hall–Kier alpha value is -2.03. The Labute approximate surface area is 195 Å². The first kappa shape index (κ1) is 19.9. The lowest BCUT2D eigenvalue weighted by Crippen LogP contribution is -1.96. The summed E-state index contributed by atoms with van der Waals surface area (Å²) in [6.07, 6.45) is 5.92. The Bertz CT molecular complexity index is 1320. The first-order valence-electron chi connectivity index (χ1n) is 9.13. The fourth-order valence-electron chi connectivity index (χ4n) is 3.21. The third-order valence-electron chi connectivity index (χ3n) is 4.50. The predicted molar refractivity (Wildman–Crippen MR) is 139 cm³/mol. The van der Waals surface area contributed by atoms with Crippen molar-refractivity contribution in [3.8, 4) is 30.1 Å². The second-order valence-electron chi connectivity index (χ2n) is 6.28. The molecule has 0 N–H and O–H groups in total. The Morgan fingerprint density at radius 3 is 1.93 bits per heavy atom. The molecule has 0 bridgehead atoms. The normalized spacial score (nSPS) is 12.0. The van der Waals surface area contributed by atoms with E-state index in [1.807, 2.05) is 12.2 Å². The van der Waals surface area contributed by atoms with Crippen LogP contribution in [-0.2, 0) is 0 Å². The van der Waals surface area contributed by atoms with Gasteiger partial charge in [0.05, 0.1) is 14.6 Å². The van der Waals surface area contributed by atoms with Crippen molar-refractivity contribution in [3.05, 3.63) is 77.0 Å². The zero-order valence-electron chi connectivity index (χ0n) is 16.0. The summed E-state index contributed by atoms with van der Waals surface area (Å²) in [6.45, 7) is 3.89. The molecule has 5 aromatic rings. The predicted octanol–water partition coefficient (Wildman–Crippen LogP) is 8.77. The zero-order valence-corrected chi connectivity index (χ0v) is 20.1. The molecule has 5 rings (SSSR count). The third-order valence-corrected chi connectivity index (χ3v) is 9.41. The minimum Gasteiger partial charge on any atom is -0.242 e. The van der Waals surface area contributed by atoms with Crippen molar-refractivity contribution in [3.63, 3.8) is 0 Å². The van der Waals surface area contributed by atoms with Gasteiger partial charge in [-0.05, 0) is 46.7 Å². The Morgan fingerprint density at radius 1 is 0.867 bits per heavy atom. The van der Waals surface area contributed by atoms with Gasteiger partial charge >= 0.3 is 0 Å². The van der Waals surface area contributed by atoms with Gasteiger partial charge in [-0.3, -0.25) is 0 Å². The summed E-state index contributed by atoms with van der Waals surface area (Å²) in [5, 5.41) is 6.32. The molecular formula is C23H16N2S5. The first-order valence-corrected chi connectivity index (χ1v) is 13.8. The van der Waals surface area contributed by atoms with Crippen molar-refractivity contribution in [2.24, 2.45) is 0 Å². The molecule has 5 heterocycles. The fraction of sp³-hybridized carbons (Fsp3) is 0.0435. The van der Waals surface area contributed by atoms with Crippen LogP contribution in [0, 0.1) is 0 Å². The summed E-state index contributed by atoms with van der Waals surface area (Å²) < 4.78 is 0. The van der Waals surface area contributed by atoms with Gasteiger partial charge in [0.2, 0.25) is 0 Å². The average Bonchev–Trinajstić information content (AvgIpc) is 3.56. The van der Waals surface area contributed by atoms with Crippen molar-refractivity contribution in [1.29, 1.82) is 0 Å². The van der Waals surface area contributed by atoms with E-state index in [9.17, 15) is 0 Å². The summed E-state index contributed by atoms with van der Waals surface area (Å²) in [4.78, 5) is 17.5. The molecule has 0 saturated carbocycles. The van der Waals surface area contributed by atoms with Crippen LogP contribution >= 0.6 is 57.1 Å². The second kappa shape index (κ2) is 8.61. The number of thioether (sulfide) groups is 1. The second-order valence-corrected chi connectivity index (χ2v) is 11.0. The smallest absolute Gasteiger partial charge is 0.110 e. The van der Waals surface area contributed by atoms with E-state index in [0.717, 1.165) is 32.2 Å². The van der Waals surface area contributed by atoms with Gasteiger partial charge < -0.3 is 0 Å². The van der Waals surface area contributed by atoms with E-state index in [4.69, 9.17) is 9.97 Å². The van der Waals surface area contributed by atoms with Gasteiger partial charge in [-0.1, -0.05) is 30.9 Å². The number of hydrogen-bond acceptors (Lipinski definition) is 7. The van der Waals surface area contributed by atoms with E-state index in [-0.39, 0.29) is 0 Å². The number of rotatable bonds is 6. The topological polar surface area (TPSA) is 25.8 Å². The summed E-state index contributed by atoms with van der Waals surface area (Å²) in [5.74, 6) is 0. The van der Waals surface area contributed by atoms with E-state index < -0.39 is 0 Å². The maximum atomic E-state index is 5.24. The highest BCUT2D eigenvalue weighted by molar-refractivity contribution is 8.07. The van der Waals surface area contributed by atoms with Gasteiger partial charge in [-0.15, -0.1) is 57.1 Å². The number of hydrogen-bond donors (Lipinski definition) is 0. The molecule has 0 aliphatic rings. The van der Waals surface area contributed by atoms with E-state index in [1.54, 1.807) is 57.1 Å². The summed E-state index contributed by atoms with van der Waals surface area (Å²) in [7, 11) is 0. The minimum absolute atomic E-state index is 0.922. The fourth-order valence-corrected chi connectivity index (χ4v) is 7.38. The third kappa shape index (κ3) is 3.50. The molecule has 7 heteroatoms. The van der Waals surface area contributed by atoms with E-state index in [1.165, 1.54) is 19.5 Å². The van der Waals surface area contributed by atoms with Gasteiger partial charge in [0.1, 0.15) is 22.4 Å². The first-order chi connectivity index (χ1) is 14.8. The van der Waals surface area contributed by atoms with E-state index >= 15 is 0 Å². The Morgan fingerprint density at radius 2 is 1.43 bits per heavy atom. The van der Waals surface area contributed by atoms with Crippen LogP contribution in [0.1, 0.15) is 5.69 Å². The molecule has 0 radical (unpaired) electrons. The number of nitrogens with zero attached hydrogens (tertiary/aromatic N) is 2. The van der Waals surface area contributed by atoms with Crippen molar-refractivity contribution in [2.45, 2.75) is 0 Å². The lowest BCUT2D eigenvalue weighted by molar-refractivity contribution is 1.28. The SMILES string of the molecule is C=C/C=C(\SC)c1nc2c(-c3cccs3)sc(-c3cccs3)c2nc1-c1cccs1. The molecule has 2 nitrogen and oxygen atoms in total. The largest absolute Gasteiger partial charge is 0.242 e. The quantitative estimate of drug-likeness (QED) is 0.227. The highest BCUT2D eigenvalue weighted by Crippen LogP contribution is 2.47. The van der Waals surface area contributed by atoms with Crippen LogP contribution in [0.3, 0.4) is 0 Å².